The van der Waals surface area contributed by atoms with Crippen molar-refractivity contribution in [3.63, 3.8) is 0 Å². The molecule has 0 radical (unpaired) electrons. The molecule has 2 heterocycles. The highest BCUT2D eigenvalue weighted by Gasteiger charge is 2.26. The van der Waals surface area contributed by atoms with Gasteiger partial charge in [-0.2, -0.15) is 5.10 Å². The van der Waals surface area contributed by atoms with Crippen LogP contribution in [0.3, 0.4) is 0 Å². The van der Waals surface area contributed by atoms with Gasteiger partial charge >= 0.3 is 0 Å². The minimum atomic E-state index is 0.0897. The Hall–Kier alpha value is -0.840. The molecule has 1 aliphatic heterocycles. The number of likely N-dealkylation sites (tertiary alicyclic amines) is 1. The third-order valence-corrected chi connectivity index (χ3v) is 4.37. The van der Waals surface area contributed by atoms with Gasteiger partial charge in [-0.3, -0.25) is 9.48 Å². The summed E-state index contributed by atoms with van der Waals surface area (Å²) in [4.78, 5) is 14.3. The van der Waals surface area contributed by atoms with Crippen LogP contribution in [0.4, 0.5) is 0 Å². The lowest BCUT2D eigenvalue weighted by Gasteiger charge is -2.30. The molecule has 5 heteroatoms. The fourth-order valence-corrected chi connectivity index (χ4v) is 2.73. The van der Waals surface area contributed by atoms with E-state index in [0.717, 1.165) is 42.0 Å². The van der Waals surface area contributed by atoms with Crippen molar-refractivity contribution < 1.29 is 4.79 Å². The van der Waals surface area contributed by atoms with Crippen molar-refractivity contribution in [2.24, 2.45) is 13.0 Å². The molecule has 17 heavy (non-hydrogen) atoms. The van der Waals surface area contributed by atoms with Gasteiger partial charge in [0.15, 0.2) is 0 Å². The summed E-state index contributed by atoms with van der Waals surface area (Å²) in [7, 11) is 1.82. The average Bonchev–Trinajstić information content (AvgIpc) is 2.53. The van der Waals surface area contributed by atoms with Crippen molar-refractivity contribution in [3.05, 3.63) is 15.9 Å². The molecule has 2 rings (SSSR count). The van der Waals surface area contributed by atoms with Gasteiger partial charge in [0.25, 0.3) is 5.91 Å². The zero-order valence-corrected chi connectivity index (χ0v) is 12.1. The highest BCUT2D eigenvalue weighted by atomic mass is 79.9. The number of aryl methyl sites for hydroxylation is 2. The molecule has 0 aliphatic carbocycles. The number of piperidine rings is 1. The van der Waals surface area contributed by atoms with Crippen LogP contribution >= 0.6 is 15.9 Å². The Balaban J connectivity index is 2.20. The lowest BCUT2D eigenvalue weighted by Crippen LogP contribution is -2.38. The predicted molar refractivity (Wildman–Crippen MR) is 69.9 cm³/mol. The van der Waals surface area contributed by atoms with Crippen LogP contribution in [0.25, 0.3) is 0 Å². The summed E-state index contributed by atoms with van der Waals surface area (Å²) in [6, 6.07) is 0. The van der Waals surface area contributed by atoms with Crippen LogP contribution in [-0.2, 0) is 7.05 Å². The zero-order chi connectivity index (χ0) is 12.6. The molecular weight excluding hydrogens is 282 g/mol. The van der Waals surface area contributed by atoms with Gasteiger partial charge in [0, 0.05) is 20.1 Å². The number of hydrogen-bond donors (Lipinski definition) is 0. The van der Waals surface area contributed by atoms with Crippen molar-refractivity contribution in [2.45, 2.75) is 26.7 Å². The number of halogens is 1. The molecule has 0 saturated carbocycles. The SMILES string of the molecule is Cc1nn(C)c(C(=O)N2CCC(C)CC2)c1Br. The maximum absolute atomic E-state index is 12.4. The van der Waals surface area contributed by atoms with E-state index in [2.05, 4.69) is 28.0 Å². The van der Waals surface area contributed by atoms with E-state index in [-0.39, 0.29) is 5.91 Å². The summed E-state index contributed by atoms with van der Waals surface area (Å²) < 4.78 is 2.49. The summed E-state index contributed by atoms with van der Waals surface area (Å²) in [5.41, 5.74) is 1.53. The van der Waals surface area contributed by atoms with E-state index in [9.17, 15) is 4.79 Å². The second-order valence-electron chi connectivity index (χ2n) is 4.85. The molecular formula is C12H18BrN3O. The Kier molecular flexibility index (Phi) is 3.56. The average molecular weight is 300 g/mol. The smallest absolute Gasteiger partial charge is 0.273 e. The number of hydrogen-bond acceptors (Lipinski definition) is 2. The van der Waals surface area contributed by atoms with E-state index in [1.165, 1.54) is 0 Å². The number of rotatable bonds is 1. The molecule has 1 saturated heterocycles. The monoisotopic (exact) mass is 299 g/mol. The first kappa shape index (κ1) is 12.6. The van der Waals surface area contributed by atoms with Gasteiger partial charge in [0.1, 0.15) is 5.69 Å². The minimum Gasteiger partial charge on any atom is -0.337 e. The van der Waals surface area contributed by atoms with E-state index in [4.69, 9.17) is 0 Å². The Morgan fingerprint density at radius 3 is 2.47 bits per heavy atom. The van der Waals surface area contributed by atoms with Crippen molar-refractivity contribution in [1.29, 1.82) is 0 Å². The summed E-state index contributed by atoms with van der Waals surface area (Å²) in [6.07, 6.45) is 2.19. The summed E-state index contributed by atoms with van der Waals surface area (Å²) >= 11 is 3.45. The van der Waals surface area contributed by atoms with Crippen molar-refractivity contribution in [3.8, 4) is 0 Å². The number of aromatic nitrogens is 2. The van der Waals surface area contributed by atoms with Crippen LogP contribution in [0.15, 0.2) is 4.47 Å². The molecule has 1 aromatic rings. The summed E-state index contributed by atoms with van der Waals surface area (Å²) in [5, 5.41) is 4.26. The van der Waals surface area contributed by atoms with E-state index in [1.54, 1.807) is 4.68 Å². The van der Waals surface area contributed by atoms with E-state index < -0.39 is 0 Å². The number of nitrogens with zero attached hydrogens (tertiary/aromatic N) is 3. The standard InChI is InChI=1S/C12H18BrN3O/c1-8-4-6-16(7-5-8)12(17)11-10(13)9(2)14-15(11)3/h8H,4-7H2,1-3H3. The van der Waals surface area contributed by atoms with Crippen LogP contribution in [0.5, 0.6) is 0 Å². The van der Waals surface area contributed by atoms with Gasteiger partial charge in [-0.1, -0.05) is 6.92 Å². The van der Waals surface area contributed by atoms with E-state index in [0.29, 0.717) is 5.69 Å². The van der Waals surface area contributed by atoms with Crippen LogP contribution in [-0.4, -0.2) is 33.7 Å². The van der Waals surface area contributed by atoms with Crippen molar-refractivity contribution >= 4 is 21.8 Å². The van der Waals surface area contributed by atoms with E-state index >= 15 is 0 Å². The van der Waals surface area contributed by atoms with Gasteiger partial charge in [-0.25, -0.2) is 0 Å². The predicted octanol–water partition coefficient (Wildman–Crippen LogP) is 2.36. The summed E-state index contributed by atoms with van der Waals surface area (Å²) in [6.45, 7) is 5.86. The first-order valence-electron chi connectivity index (χ1n) is 5.99. The first-order valence-corrected chi connectivity index (χ1v) is 6.78. The number of amides is 1. The molecule has 0 unspecified atom stereocenters. The highest BCUT2D eigenvalue weighted by Crippen LogP contribution is 2.24. The van der Waals surface area contributed by atoms with Crippen LogP contribution in [0.2, 0.25) is 0 Å². The third-order valence-electron chi connectivity index (χ3n) is 3.42. The Morgan fingerprint density at radius 1 is 1.41 bits per heavy atom. The van der Waals surface area contributed by atoms with Gasteiger partial charge in [0.2, 0.25) is 0 Å². The molecule has 1 amide bonds. The first-order chi connectivity index (χ1) is 8.00. The number of carbonyl (C=O) groups is 1. The van der Waals surface area contributed by atoms with Gasteiger partial charge < -0.3 is 4.90 Å². The quantitative estimate of drug-likeness (QED) is 0.798. The molecule has 0 atom stereocenters. The third kappa shape index (κ3) is 2.39. The second-order valence-corrected chi connectivity index (χ2v) is 5.64. The molecule has 94 valence electrons. The molecule has 0 spiro atoms. The molecule has 4 nitrogen and oxygen atoms in total. The largest absolute Gasteiger partial charge is 0.337 e. The molecule has 1 fully saturated rings. The van der Waals surface area contributed by atoms with Crippen LogP contribution in [0, 0.1) is 12.8 Å². The lowest BCUT2D eigenvalue weighted by atomic mass is 9.99. The Labute approximate surface area is 110 Å². The van der Waals surface area contributed by atoms with Crippen molar-refractivity contribution in [1.82, 2.24) is 14.7 Å². The highest BCUT2D eigenvalue weighted by molar-refractivity contribution is 9.10. The Morgan fingerprint density at radius 2 is 2.00 bits per heavy atom. The van der Waals surface area contributed by atoms with Crippen LogP contribution in [0.1, 0.15) is 35.9 Å². The zero-order valence-electron chi connectivity index (χ0n) is 10.5. The maximum Gasteiger partial charge on any atom is 0.273 e. The fourth-order valence-electron chi connectivity index (χ4n) is 2.23. The van der Waals surface area contributed by atoms with Crippen molar-refractivity contribution in [2.75, 3.05) is 13.1 Å². The number of carbonyl (C=O) groups excluding carboxylic acids is 1. The van der Waals surface area contributed by atoms with Gasteiger partial charge in [-0.15, -0.1) is 0 Å². The molecule has 1 aromatic heterocycles. The van der Waals surface area contributed by atoms with Gasteiger partial charge in [0.05, 0.1) is 10.2 Å². The lowest BCUT2D eigenvalue weighted by molar-refractivity contribution is 0.0685. The normalized spacial score (nSPS) is 17.5. The fraction of sp³-hybridized carbons (Fsp3) is 0.667. The second kappa shape index (κ2) is 4.80. The molecule has 0 N–H and O–H groups in total. The minimum absolute atomic E-state index is 0.0897. The molecule has 0 bridgehead atoms. The Bertz CT molecular complexity index is 433. The maximum atomic E-state index is 12.4. The molecule has 0 aromatic carbocycles. The molecule has 1 aliphatic rings. The summed E-state index contributed by atoms with van der Waals surface area (Å²) in [5.74, 6) is 0.822. The van der Waals surface area contributed by atoms with Gasteiger partial charge in [-0.05, 0) is 41.6 Å². The topological polar surface area (TPSA) is 38.1 Å². The van der Waals surface area contributed by atoms with Crippen LogP contribution < -0.4 is 0 Å². The van der Waals surface area contributed by atoms with E-state index in [1.807, 2.05) is 18.9 Å².